The van der Waals surface area contributed by atoms with Crippen molar-refractivity contribution in [3.05, 3.63) is 71.5 Å². The second-order valence-corrected chi connectivity index (χ2v) is 4.15. The molecule has 94 valence electrons. The summed E-state index contributed by atoms with van der Waals surface area (Å²) in [6, 6.07) is 16.2. The summed E-state index contributed by atoms with van der Waals surface area (Å²) in [6.45, 7) is 0.988. The van der Waals surface area contributed by atoms with Gasteiger partial charge in [-0.3, -0.25) is 0 Å². The molecule has 0 aromatic heterocycles. The van der Waals surface area contributed by atoms with Gasteiger partial charge in [-0.15, -0.1) is 0 Å². The molecule has 0 aliphatic heterocycles. The molecule has 2 rings (SSSR count). The molecular formula is C15H16FNO. The zero-order valence-electron chi connectivity index (χ0n) is 10.0. The van der Waals surface area contributed by atoms with Crippen molar-refractivity contribution < 1.29 is 9.50 Å². The van der Waals surface area contributed by atoms with E-state index in [0.717, 1.165) is 5.56 Å². The average Bonchev–Trinajstić information content (AvgIpc) is 2.40. The zero-order valence-corrected chi connectivity index (χ0v) is 10.0. The van der Waals surface area contributed by atoms with Crippen LogP contribution in [0.25, 0.3) is 0 Å². The van der Waals surface area contributed by atoms with Gasteiger partial charge in [0.2, 0.25) is 0 Å². The van der Waals surface area contributed by atoms with Gasteiger partial charge in [-0.25, -0.2) is 4.39 Å². The van der Waals surface area contributed by atoms with E-state index >= 15 is 0 Å². The van der Waals surface area contributed by atoms with Crippen LogP contribution in [0.1, 0.15) is 17.2 Å². The molecule has 2 nitrogen and oxygen atoms in total. The summed E-state index contributed by atoms with van der Waals surface area (Å²) >= 11 is 0. The highest BCUT2D eigenvalue weighted by atomic mass is 19.1. The molecule has 2 N–H and O–H groups in total. The first-order valence-electron chi connectivity index (χ1n) is 5.94. The third-order valence-corrected chi connectivity index (χ3v) is 2.77. The minimum absolute atomic E-state index is 0.329. The molecule has 0 unspecified atom stereocenters. The first kappa shape index (κ1) is 12.7. The standard InChI is InChI=1S/C15H16FNO/c16-14-9-5-4-8-13(14)15(18)11-17-10-12-6-2-1-3-7-12/h1-9,15,17-18H,10-11H2/t15-/m1/s1. The molecule has 0 fully saturated rings. The summed E-state index contributed by atoms with van der Waals surface area (Å²) in [5.74, 6) is -0.369. The number of nitrogens with one attached hydrogen (secondary N) is 1. The lowest BCUT2D eigenvalue weighted by molar-refractivity contribution is 0.169. The fourth-order valence-electron chi connectivity index (χ4n) is 1.80. The molecule has 0 amide bonds. The molecule has 0 aliphatic carbocycles. The Hall–Kier alpha value is -1.71. The second kappa shape index (κ2) is 6.28. The maximum atomic E-state index is 13.4. The van der Waals surface area contributed by atoms with E-state index in [-0.39, 0.29) is 5.82 Å². The van der Waals surface area contributed by atoms with E-state index in [2.05, 4.69) is 5.32 Å². The molecule has 1 atom stereocenters. The molecule has 0 aliphatic rings. The quantitative estimate of drug-likeness (QED) is 0.848. The van der Waals surface area contributed by atoms with Crippen molar-refractivity contribution in [2.45, 2.75) is 12.6 Å². The van der Waals surface area contributed by atoms with E-state index in [4.69, 9.17) is 0 Å². The van der Waals surface area contributed by atoms with E-state index in [9.17, 15) is 9.50 Å². The number of benzene rings is 2. The van der Waals surface area contributed by atoms with Gasteiger partial charge in [-0.2, -0.15) is 0 Å². The lowest BCUT2D eigenvalue weighted by Gasteiger charge is -2.13. The van der Waals surface area contributed by atoms with E-state index in [1.807, 2.05) is 30.3 Å². The monoisotopic (exact) mass is 245 g/mol. The highest BCUT2D eigenvalue weighted by Gasteiger charge is 2.11. The maximum absolute atomic E-state index is 13.4. The van der Waals surface area contributed by atoms with Gasteiger partial charge < -0.3 is 10.4 Å². The Balaban J connectivity index is 1.86. The largest absolute Gasteiger partial charge is 0.387 e. The van der Waals surface area contributed by atoms with Crippen molar-refractivity contribution in [2.24, 2.45) is 0 Å². The summed E-state index contributed by atoms with van der Waals surface area (Å²) < 4.78 is 13.4. The van der Waals surface area contributed by atoms with Gasteiger partial charge in [-0.05, 0) is 11.6 Å². The third kappa shape index (κ3) is 3.39. The molecule has 0 saturated carbocycles. The molecule has 0 radical (unpaired) electrons. The predicted octanol–water partition coefficient (Wildman–Crippen LogP) is 2.65. The van der Waals surface area contributed by atoms with Crippen molar-refractivity contribution >= 4 is 0 Å². The number of aliphatic hydroxyl groups is 1. The Labute approximate surface area is 106 Å². The van der Waals surface area contributed by atoms with Gasteiger partial charge in [0.25, 0.3) is 0 Å². The molecule has 0 bridgehead atoms. The van der Waals surface area contributed by atoms with Gasteiger partial charge in [0, 0.05) is 18.7 Å². The van der Waals surface area contributed by atoms with Gasteiger partial charge in [0.15, 0.2) is 0 Å². The number of halogens is 1. The van der Waals surface area contributed by atoms with E-state index in [0.29, 0.717) is 18.7 Å². The van der Waals surface area contributed by atoms with Crippen molar-refractivity contribution in [2.75, 3.05) is 6.54 Å². The van der Waals surface area contributed by atoms with Crippen LogP contribution < -0.4 is 5.32 Å². The Kier molecular flexibility index (Phi) is 4.45. The van der Waals surface area contributed by atoms with Crippen molar-refractivity contribution in [1.29, 1.82) is 0 Å². The molecule has 18 heavy (non-hydrogen) atoms. The second-order valence-electron chi connectivity index (χ2n) is 4.15. The number of aliphatic hydroxyl groups excluding tert-OH is 1. The number of hydrogen-bond donors (Lipinski definition) is 2. The molecule has 2 aromatic carbocycles. The summed E-state index contributed by atoms with van der Waals surface area (Å²) in [5.41, 5.74) is 1.47. The van der Waals surface area contributed by atoms with Gasteiger partial charge >= 0.3 is 0 Å². The summed E-state index contributed by atoms with van der Waals surface area (Å²) in [5, 5.41) is 13.0. The Morgan fingerprint density at radius 1 is 1.00 bits per heavy atom. The first-order chi connectivity index (χ1) is 8.77. The van der Waals surface area contributed by atoms with Gasteiger partial charge in [0.05, 0.1) is 6.10 Å². The highest BCUT2D eigenvalue weighted by molar-refractivity contribution is 5.20. The molecule has 2 aromatic rings. The van der Waals surface area contributed by atoms with Gasteiger partial charge in [0.1, 0.15) is 5.82 Å². The SMILES string of the molecule is O[C@H](CNCc1ccccc1)c1ccccc1F. The van der Waals surface area contributed by atoms with Crippen LogP contribution in [0.5, 0.6) is 0 Å². The minimum Gasteiger partial charge on any atom is -0.387 e. The van der Waals surface area contributed by atoms with E-state index in [1.54, 1.807) is 18.2 Å². The van der Waals surface area contributed by atoms with Crippen molar-refractivity contribution in [3.63, 3.8) is 0 Å². The van der Waals surface area contributed by atoms with Crippen LogP contribution in [0.4, 0.5) is 4.39 Å². The number of rotatable bonds is 5. The fraction of sp³-hybridized carbons (Fsp3) is 0.200. The molecular weight excluding hydrogens is 229 g/mol. The summed E-state index contributed by atoms with van der Waals surface area (Å²) in [7, 11) is 0. The lowest BCUT2D eigenvalue weighted by Crippen LogP contribution is -2.21. The minimum atomic E-state index is -0.824. The predicted molar refractivity (Wildman–Crippen MR) is 69.5 cm³/mol. The Morgan fingerprint density at radius 3 is 2.39 bits per heavy atom. The summed E-state index contributed by atoms with van der Waals surface area (Å²) in [4.78, 5) is 0. The third-order valence-electron chi connectivity index (χ3n) is 2.77. The van der Waals surface area contributed by atoms with Crippen molar-refractivity contribution in [3.8, 4) is 0 Å². The number of hydrogen-bond acceptors (Lipinski definition) is 2. The van der Waals surface area contributed by atoms with Crippen LogP contribution >= 0.6 is 0 Å². The van der Waals surface area contributed by atoms with Crippen LogP contribution in [0.15, 0.2) is 54.6 Å². The van der Waals surface area contributed by atoms with Gasteiger partial charge in [-0.1, -0.05) is 48.5 Å². The zero-order chi connectivity index (χ0) is 12.8. The van der Waals surface area contributed by atoms with E-state index in [1.165, 1.54) is 6.07 Å². The first-order valence-corrected chi connectivity index (χ1v) is 5.94. The van der Waals surface area contributed by atoms with Crippen LogP contribution in [0.2, 0.25) is 0 Å². The lowest BCUT2D eigenvalue weighted by atomic mass is 10.1. The fourth-order valence-corrected chi connectivity index (χ4v) is 1.80. The summed E-state index contributed by atoms with van der Waals surface area (Å²) in [6.07, 6.45) is -0.824. The highest BCUT2D eigenvalue weighted by Crippen LogP contribution is 2.15. The topological polar surface area (TPSA) is 32.3 Å². The maximum Gasteiger partial charge on any atom is 0.129 e. The van der Waals surface area contributed by atoms with Crippen LogP contribution in [0, 0.1) is 5.82 Å². The molecule has 3 heteroatoms. The van der Waals surface area contributed by atoms with Crippen LogP contribution in [-0.2, 0) is 6.54 Å². The Bertz CT molecular complexity index is 487. The van der Waals surface area contributed by atoms with Crippen molar-refractivity contribution in [1.82, 2.24) is 5.32 Å². The van der Waals surface area contributed by atoms with Crippen LogP contribution in [-0.4, -0.2) is 11.7 Å². The normalized spacial score (nSPS) is 12.3. The van der Waals surface area contributed by atoms with E-state index < -0.39 is 6.10 Å². The van der Waals surface area contributed by atoms with Crippen LogP contribution in [0.3, 0.4) is 0 Å². The smallest absolute Gasteiger partial charge is 0.129 e. The molecule has 0 heterocycles. The average molecular weight is 245 g/mol. The molecule has 0 spiro atoms. The Morgan fingerprint density at radius 2 is 1.67 bits per heavy atom. The molecule has 0 saturated heterocycles.